The predicted molar refractivity (Wildman–Crippen MR) is 184 cm³/mol. The van der Waals surface area contributed by atoms with E-state index in [1.54, 1.807) is 6.08 Å². The van der Waals surface area contributed by atoms with Gasteiger partial charge < -0.3 is 19.5 Å². The third-order valence-electron chi connectivity index (χ3n) is 8.54. The summed E-state index contributed by atoms with van der Waals surface area (Å²) in [6, 6.07) is 21.2. The molecule has 0 radical (unpaired) electrons. The molecule has 1 saturated heterocycles. The molecule has 2 heterocycles. The van der Waals surface area contributed by atoms with Gasteiger partial charge >= 0.3 is 5.69 Å². The van der Waals surface area contributed by atoms with Crippen LogP contribution < -0.4 is 11.2 Å². The molecule has 45 heavy (non-hydrogen) atoms. The molecule has 3 unspecified atom stereocenters. The van der Waals surface area contributed by atoms with Gasteiger partial charge in [-0.2, -0.15) is 0 Å². The number of hydrogen-bond donors (Lipinski definition) is 3. The van der Waals surface area contributed by atoms with Crippen LogP contribution in [0.2, 0.25) is 0 Å². The Bertz CT molecular complexity index is 1830. The number of ether oxygens (including phenoxy) is 2. The lowest BCUT2D eigenvalue weighted by atomic mass is 9.91. The van der Waals surface area contributed by atoms with Crippen molar-refractivity contribution in [1.82, 2.24) is 9.55 Å². The number of aromatic nitrogens is 2. The minimum Gasteiger partial charge on any atom is -0.393 e. The summed E-state index contributed by atoms with van der Waals surface area (Å²) in [6.45, 7) is 4.29. The van der Waals surface area contributed by atoms with Crippen LogP contribution in [0.4, 0.5) is 0 Å². The van der Waals surface area contributed by atoms with Gasteiger partial charge in [0.15, 0.2) is 0 Å². The summed E-state index contributed by atoms with van der Waals surface area (Å²) in [6.07, 6.45) is 11.8. The summed E-state index contributed by atoms with van der Waals surface area (Å²) in [5.74, 6) is 0. The summed E-state index contributed by atoms with van der Waals surface area (Å²) in [4.78, 5) is 34.3. The second-order valence-electron chi connectivity index (χ2n) is 11.6. The Morgan fingerprint density at radius 3 is 2.44 bits per heavy atom. The Hall–Kier alpha value is -3.39. The first-order chi connectivity index (χ1) is 21.9. The SMILES string of the molecule is CC=CC(CO)(OCCCCc1ccc2ccc3cccc4ccc1c2c34)PO.CCCC1CC[C@H](n2ccc(=O)[nH]c2=O)O1. The molecule has 3 N–H and O–H groups in total. The predicted octanol–water partition coefficient (Wildman–Crippen LogP) is 6.79. The van der Waals surface area contributed by atoms with E-state index in [4.69, 9.17) is 9.47 Å². The number of unbranched alkanes of at least 4 members (excludes halogenated alkanes) is 1. The van der Waals surface area contributed by atoms with Crippen LogP contribution >= 0.6 is 8.81 Å². The maximum atomic E-state index is 11.5. The number of benzene rings is 4. The number of rotatable bonds is 12. The number of aliphatic hydroxyl groups excluding tert-OH is 1. The minimum atomic E-state index is -0.943. The number of allylic oxidation sites excluding steroid dienone is 1. The van der Waals surface area contributed by atoms with Crippen molar-refractivity contribution in [3.8, 4) is 0 Å². The van der Waals surface area contributed by atoms with E-state index in [1.807, 2.05) is 13.0 Å². The number of nitrogens with zero attached hydrogens (tertiary/aromatic N) is 1. The van der Waals surface area contributed by atoms with Gasteiger partial charge in [-0.1, -0.05) is 74.0 Å². The first kappa shape index (κ1) is 33.0. The van der Waals surface area contributed by atoms with E-state index >= 15 is 0 Å². The molecule has 0 bridgehead atoms. The molecule has 238 valence electrons. The Morgan fingerprint density at radius 1 is 1.02 bits per heavy atom. The fourth-order valence-electron chi connectivity index (χ4n) is 6.29. The third kappa shape index (κ3) is 7.54. The highest BCUT2D eigenvalue weighted by Gasteiger charge is 2.27. The molecule has 8 nitrogen and oxygen atoms in total. The largest absolute Gasteiger partial charge is 0.393 e. The Morgan fingerprint density at radius 2 is 1.76 bits per heavy atom. The van der Waals surface area contributed by atoms with Crippen LogP contribution in [0, 0.1) is 0 Å². The zero-order valence-electron chi connectivity index (χ0n) is 26.0. The van der Waals surface area contributed by atoms with Gasteiger partial charge in [0.05, 0.1) is 21.5 Å². The van der Waals surface area contributed by atoms with Gasteiger partial charge in [0.25, 0.3) is 5.56 Å². The number of aliphatic hydroxyl groups is 1. The maximum Gasteiger partial charge on any atom is 0.330 e. The zero-order valence-corrected chi connectivity index (χ0v) is 27.0. The number of aryl methyl sites for hydroxylation is 1. The van der Waals surface area contributed by atoms with Crippen molar-refractivity contribution in [3.05, 3.63) is 105 Å². The third-order valence-corrected chi connectivity index (χ3v) is 9.38. The number of H-pyrrole nitrogens is 1. The smallest absolute Gasteiger partial charge is 0.330 e. The average Bonchev–Trinajstić information content (AvgIpc) is 3.52. The van der Waals surface area contributed by atoms with Crippen molar-refractivity contribution in [2.45, 2.75) is 76.5 Å². The van der Waals surface area contributed by atoms with Gasteiger partial charge in [-0.15, -0.1) is 0 Å². The van der Waals surface area contributed by atoms with Crippen molar-refractivity contribution in [2.24, 2.45) is 0 Å². The first-order valence-electron chi connectivity index (χ1n) is 15.8. The molecule has 0 aliphatic carbocycles. The van der Waals surface area contributed by atoms with Gasteiger partial charge in [-0.05, 0) is 89.4 Å². The van der Waals surface area contributed by atoms with Crippen molar-refractivity contribution >= 4 is 41.1 Å². The lowest BCUT2D eigenvalue weighted by Gasteiger charge is -2.26. The number of aromatic amines is 1. The summed E-state index contributed by atoms with van der Waals surface area (Å²) in [5.41, 5.74) is 0.598. The van der Waals surface area contributed by atoms with Crippen molar-refractivity contribution in [1.29, 1.82) is 0 Å². The van der Waals surface area contributed by atoms with Crippen LogP contribution in [0.15, 0.2) is 88.6 Å². The first-order valence-corrected chi connectivity index (χ1v) is 16.8. The van der Waals surface area contributed by atoms with E-state index in [-0.39, 0.29) is 24.5 Å². The standard InChI is InChI=1S/C25H27O3P.C11H16N2O3/c1-2-15-25(17-26,29-27)28-16-4-3-6-18-9-10-21-12-11-19-7-5-8-20-13-14-22(18)24(21)23(19)20;1-2-3-8-4-5-10(16-8)13-7-6-9(14)12-11(13)15/h2,5,7-15,26-27,29H,3-4,6,16-17H2,1H3;6-8,10H,2-5H2,1H3,(H,12,14,15)/t;8?,10-/m.1/s1. The van der Waals surface area contributed by atoms with Gasteiger partial charge in [0, 0.05) is 18.9 Å². The molecule has 1 aliphatic heterocycles. The minimum absolute atomic E-state index is 0.207. The molecule has 6 rings (SSSR count). The molecule has 0 spiro atoms. The van der Waals surface area contributed by atoms with E-state index in [1.165, 1.54) is 54.7 Å². The highest BCUT2D eigenvalue weighted by molar-refractivity contribution is 7.33. The monoisotopic (exact) mass is 630 g/mol. The summed E-state index contributed by atoms with van der Waals surface area (Å²) >= 11 is 0. The van der Waals surface area contributed by atoms with E-state index < -0.39 is 19.8 Å². The molecule has 5 aromatic rings. The lowest BCUT2D eigenvalue weighted by molar-refractivity contribution is -0.00435. The van der Waals surface area contributed by atoms with Gasteiger partial charge in [-0.25, -0.2) is 4.79 Å². The quantitative estimate of drug-likeness (QED) is 0.0606. The fourth-order valence-corrected chi connectivity index (χ4v) is 6.76. The van der Waals surface area contributed by atoms with E-state index in [0.29, 0.717) is 6.61 Å². The molecular formula is C36H43N2O6P. The van der Waals surface area contributed by atoms with Gasteiger partial charge in [-0.3, -0.25) is 14.3 Å². The van der Waals surface area contributed by atoms with E-state index in [0.717, 1.165) is 44.9 Å². The van der Waals surface area contributed by atoms with Crippen LogP contribution in [0.3, 0.4) is 0 Å². The van der Waals surface area contributed by atoms with Crippen LogP contribution in [0.25, 0.3) is 32.3 Å². The molecule has 1 aliphatic rings. The molecule has 0 amide bonds. The second-order valence-corrected chi connectivity index (χ2v) is 12.7. The molecule has 1 aromatic heterocycles. The van der Waals surface area contributed by atoms with Gasteiger partial charge in [0.1, 0.15) is 11.6 Å². The summed E-state index contributed by atoms with van der Waals surface area (Å²) < 4.78 is 13.0. The molecule has 9 heteroatoms. The Balaban J connectivity index is 0.000000211. The lowest BCUT2D eigenvalue weighted by Crippen LogP contribution is -2.31. The maximum absolute atomic E-state index is 11.5. The molecule has 0 saturated carbocycles. The van der Waals surface area contributed by atoms with E-state index in [2.05, 4.69) is 66.5 Å². The number of nitrogens with one attached hydrogen (secondary N) is 1. The second kappa shape index (κ2) is 15.3. The Kier molecular flexibility index (Phi) is 11.2. The molecular weight excluding hydrogens is 587 g/mol. The molecule has 1 fully saturated rings. The van der Waals surface area contributed by atoms with Crippen molar-refractivity contribution in [2.75, 3.05) is 13.2 Å². The van der Waals surface area contributed by atoms with Crippen LogP contribution in [-0.2, 0) is 15.9 Å². The van der Waals surface area contributed by atoms with Crippen LogP contribution in [-0.4, -0.2) is 44.2 Å². The number of hydrogen-bond acceptors (Lipinski definition) is 6. The summed E-state index contributed by atoms with van der Waals surface area (Å²) in [7, 11) is -0.474. The van der Waals surface area contributed by atoms with Crippen molar-refractivity contribution in [3.63, 3.8) is 0 Å². The average molecular weight is 631 g/mol. The van der Waals surface area contributed by atoms with Crippen LogP contribution in [0.5, 0.6) is 0 Å². The van der Waals surface area contributed by atoms with E-state index in [9.17, 15) is 19.6 Å². The normalized spacial score (nSPS) is 18.4. The van der Waals surface area contributed by atoms with Gasteiger partial charge in [0.2, 0.25) is 0 Å². The highest BCUT2D eigenvalue weighted by atomic mass is 31.1. The van der Waals surface area contributed by atoms with Crippen molar-refractivity contribution < 1.29 is 19.5 Å². The zero-order chi connectivity index (χ0) is 31.8. The molecule has 4 atom stereocenters. The Labute approximate surface area is 264 Å². The van der Waals surface area contributed by atoms with Crippen LogP contribution in [0.1, 0.15) is 64.2 Å². The fraction of sp³-hybridized carbons (Fsp3) is 0.389. The summed E-state index contributed by atoms with van der Waals surface area (Å²) in [5, 5.41) is 16.6. The highest BCUT2D eigenvalue weighted by Crippen LogP contribution is 2.36. The molecule has 4 aromatic carbocycles. The topological polar surface area (TPSA) is 114 Å².